The van der Waals surface area contributed by atoms with Gasteiger partial charge in [-0.15, -0.1) is 0 Å². The van der Waals surface area contributed by atoms with Crippen LogP contribution in [0.4, 0.5) is 17.1 Å². The van der Waals surface area contributed by atoms with Crippen LogP contribution in [0.5, 0.6) is 0 Å². The fourth-order valence-electron chi connectivity index (χ4n) is 4.97. The average Bonchev–Trinajstić information content (AvgIpc) is 2.87. The third-order valence-electron chi connectivity index (χ3n) is 6.65. The van der Waals surface area contributed by atoms with E-state index in [1.54, 1.807) is 24.5 Å². The third-order valence-corrected chi connectivity index (χ3v) is 6.97. The first kappa shape index (κ1) is 22.2. The van der Waals surface area contributed by atoms with Gasteiger partial charge in [0.25, 0.3) is 5.69 Å². The molecule has 1 aromatic heterocycles. The molecule has 5 rings (SSSR count). The number of piperazine rings is 1. The summed E-state index contributed by atoms with van der Waals surface area (Å²) in [6.45, 7) is 2.46. The number of rotatable bonds is 5. The minimum atomic E-state index is -0.389. The molecule has 0 aliphatic carbocycles. The SMILES string of the molecule is O=C(NCc1ccncc1)C1Cc2cc([N+](=O)[O-])ccc2N2CCN(c3ccccc3Cl)CC12. The van der Waals surface area contributed by atoms with E-state index in [9.17, 15) is 14.9 Å². The number of aromatic nitrogens is 1. The van der Waals surface area contributed by atoms with E-state index in [1.165, 1.54) is 0 Å². The van der Waals surface area contributed by atoms with Crippen molar-refractivity contribution in [2.24, 2.45) is 5.92 Å². The molecule has 3 heterocycles. The smallest absolute Gasteiger partial charge is 0.269 e. The predicted molar refractivity (Wildman–Crippen MR) is 131 cm³/mol. The van der Waals surface area contributed by atoms with Gasteiger partial charge >= 0.3 is 0 Å². The number of amides is 1. The molecule has 2 aliphatic rings. The topological polar surface area (TPSA) is 91.6 Å². The molecule has 1 fully saturated rings. The number of hydrogen-bond donors (Lipinski definition) is 1. The van der Waals surface area contributed by atoms with Crippen molar-refractivity contribution in [1.82, 2.24) is 10.3 Å². The summed E-state index contributed by atoms with van der Waals surface area (Å²) in [6, 6.07) is 16.3. The summed E-state index contributed by atoms with van der Waals surface area (Å²) in [7, 11) is 0. The molecule has 2 aliphatic heterocycles. The summed E-state index contributed by atoms with van der Waals surface area (Å²) in [5, 5.41) is 15.1. The molecule has 0 radical (unpaired) electrons. The van der Waals surface area contributed by atoms with Crippen LogP contribution in [0, 0.1) is 16.0 Å². The molecule has 1 saturated heterocycles. The highest BCUT2D eigenvalue weighted by Gasteiger charge is 2.42. The summed E-state index contributed by atoms with van der Waals surface area (Å²) >= 11 is 6.47. The number of nitrogens with one attached hydrogen (secondary N) is 1. The first-order valence-electron chi connectivity index (χ1n) is 11.2. The van der Waals surface area contributed by atoms with Crippen molar-refractivity contribution in [2.45, 2.75) is 19.0 Å². The van der Waals surface area contributed by atoms with E-state index in [1.807, 2.05) is 42.5 Å². The zero-order chi connectivity index (χ0) is 23.7. The number of nitrogens with zero attached hydrogens (tertiary/aromatic N) is 4. The van der Waals surface area contributed by atoms with Crippen molar-refractivity contribution in [2.75, 3.05) is 29.4 Å². The number of nitro benzene ring substituents is 1. The monoisotopic (exact) mass is 477 g/mol. The molecule has 1 amide bonds. The Morgan fingerprint density at radius 3 is 2.68 bits per heavy atom. The van der Waals surface area contributed by atoms with Gasteiger partial charge in [0, 0.05) is 56.4 Å². The van der Waals surface area contributed by atoms with Gasteiger partial charge in [0.05, 0.1) is 27.6 Å². The van der Waals surface area contributed by atoms with Crippen LogP contribution in [0.25, 0.3) is 0 Å². The molecule has 0 saturated carbocycles. The lowest BCUT2D eigenvalue weighted by Gasteiger charge is -2.49. The Labute approximate surface area is 202 Å². The van der Waals surface area contributed by atoms with Crippen LogP contribution in [-0.4, -0.2) is 41.5 Å². The Balaban J connectivity index is 1.45. The number of halogens is 1. The largest absolute Gasteiger partial charge is 0.366 e. The van der Waals surface area contributed by atoms with Crippen LogP contribution in [0.1, 0.15) is 11.1 Å². The molecule has 0 bridgehead atoms. The predicted octanol–water partition coefficient (Wildman–Crippen LogP) is 3.83. The first-order chi connectivity index (χ1) is 16.5. The molecule has 0 spiro atoms. The fraction of sp³-hybridized carbons (Fsp3) is 0.280. The van der Waals surface area contributed by atoms with E-state index in [-0.39, 0.29) is 28.5 Å². The molecule has 8 nitrogen and oxygen atoms in total. The minimum absolute atomic E-state index is 0.0443. The van der Waals surface area contributed by atoms with Gasteiger partial charge in [0.2, 0.25) is 5.91 Å². The number of fused-ring (bicyclic) bond motifs is 3. The zero-order valence-corrected chi connectivity index (χ0v) is 19.2. The van der Waals surface area contributed by atoms with E-state index >= 15 is 0 Å². The quantitative estimate of drug-likeness (QED) is 0.443. The molecule has 2 unspecified atom stereocenters. The summed E-state index contributed by atoms with van der Waals surface area (Å²) in [6.07, 6.45) is 3.83. The molecule has 174 valence electrons. The molecular formula is C25H24ClN5O3. The second-order valence-corrected chi connectivity index (χ2v) is 9.02. The second kappa shape index (κ2) is 9.30. The van der Waals surface area contributed by atoms with E-state index in [0.717, 1.165) is 29.0 Å². The van der Waals surface area contributed by atoms with Crippen LogP contribution >= 0.6 is 11.6 Å². The maximum Gasteiger partial charge on any atom is 0.269 e. The summed E-state index contributed by atoms with van der Waals surface area (Å²) in [5.41, 5.74) is 3.76. The fourth-order valence-corrected chi connectivity index (χ4v) is 5.23. The van der Waals surface area contributed by atoms with Gasteiger partial charge in [-0.1, -0.05) is 23.7 Å². The van der Waals surface area contributed by atoms with Crippen molar-refractivity contribution in [3.05, 3.63) is 93.3 Å². The van der Waals surface area contributed by atoms with E-state index in [2.05, 4.69) is 20.1 Å². The zero-order valence-electron chi connectivity index (χ0n) is 18.4. The number of nitro groups is 1. The Morgan fingerprint density at radius 2 is 1.91 bits per heavy atom. The number of carbonyl (C=O) groups excluding carboxylic acids is 1. The number of benzene rings is 2. The Hall–Kier alpha value is -3.65. The summed E-state index contributed by atoms with van der Waals surface area (Å²) in [4.78, 5) is 32.9. The number of non-ortho nitro benzene ring substituents is 1. The molecule has 34 heavy (non-hydrogen) atoms. The molecule has 1 N–H and O–H groups in total. The normalized spacial score (nSPS) is 19.2. The highest BCUT2D eigenvalue weighted by Crippen LogP contribution is 2.39. The lowest BCUT2D eigenvalue weighted by atomic mass is 9.83. The number of anilines is 2. The number of hydrogen-bond acceptors (Lipinski definition) is 6. The average molecular weight is 478 g/mol. The van der Waals surface area contributed by atoms with Gasteiger partial charge in [0.15, 0.2) is 0 Å². The Morgan fingerprint density at radius 1 is 1.12 bits per heavy atom. The minimum Gasteiger partial charge on any atom is -0.366 e. The number of pyridine rings is 1. The summed E-state index contributed by atoms with van der Waals surface area (Å²) in [5.74, 6) is -0.424. The van der Waals surface area contributed by atoms with Crippen LogP contribution in [-0.2, 0) is 17.8 Å². The van der Waals surface area contributed by atoms with Gasteiger partial charge < -0.3 is 15.1 Å². The van der Waals surface area contributed by atoms with Crippen LogP contribution < -0.4 is 15.1 Å². The van der Waals surface area contributed by atoms with Crippen molar-refractivity contribution in [3.63, 3.8) is 0 Å². The lowest BCUT2D eigenvalue weighted by molar-refractivity contribution is -0.384. The van der Waals surface area contributed by atoms with E-state index in [0.29, 0.717) is 31.1 Å². The van der Waals surface area contributed by atoms with Gasteiger partial charge in [0.1, 0.15) is 0 Å². The van der Waals surface area contributed by atoms with Gasteiger partial charge in [-0.25, -0.2) is 0 Å². The van der Waals surface area contributed by atoms with Crippen LogP contribution in [0.2, 0.25) is 5.02 Å². The van der Waals surface area contributed by atoms with Crippen LogP contribution in [0.15, 0.2) is 67.0 Å². The van der Waals surface area contributed by atoms with Crippen molar-refractivity contribution in [1.29, 1.82) is 0 Å². The van der Waals surface area contributed by atoms with Gasteiger partial charge in [-0.3, -0.25) is 19.9 Å². The molecule has 2 atom stereocenters. The third kappa shape index (κ3) is 4.28. The number of para-hydroxylation sites is 1. The maximum atomic E-state index is 13.4. The Bertz CT molecular complexity index is 1220. The van der Waals surface area contributed by atoms with E-state index in [4.69, 9.17) is 11.6 Å². The highest BCUT2D eigenvalue weighted by molar-refractivity contribution is 6.33. The number of carbonyl (C=O) groups is 1. The van der Waals surface area contributed by atoms with Gasteiger partial charge in [-0.05, 0) is 47.9 Å². The second-order valence-electron chi connectivity index (χ2n) is 8.61. The molecule has 2 aromatic carbocycles. The summed E-state index contributed by atoms with van der Waals surface area (Å²) < 4.78 is 0. The van der Waals surface area contributed by atoms with Crippen molar-refractivity contribution in [3.8, 4) is 0 Å². The van der Waals surface area contributed by atoms with Crippen LogP contribution in [0.3, 0.4) is 0 Å². The maximum absolute atomic E-state index is 13.4. The standard InChI is InChI=1S/C25H24ClN5O3/c26-21-3-1-2-4-23(21)29-11-12-30-22-6-5-19(31(33)34)13-18(22)14-20(24(30)16-29)25(32)28-15-17-7-9-27-10-8-17/h1-10,13,20,24H,11-12,14-16H2,(H,28,32). The van der Waals surface area contributed by atoms with Crippen molar-refractivity contribution < 1.29 is 9.72 Å². The highest BCUT2D eigenvalue weighted by atomic mass is 35.5. The first-order valence-corrected chi connectivity index (χ1v) is 11.6. The van der Waals surface area contributed by atoms with Crippen molar-refractivity contribution >= 4 is 34.6 Å². The molecular weight excluding hydrogens is 454 g/mol. The molecule has 9 heteroatoms. The van der Waals surface area contributed by atoms with Gasteiger partial charge in [-0.2, -0.15) is 0 Å². The molecule has 3 aromatic rings. The Kier molecular flexibility index (Phi) is 6.06. The lowest BCUT2D eigenvalue weighted by Crippen LogP contribution is -2.61. The van der Waals surface area contributed by atoms with E-state index < -0.39 is 0 Å².